The van der Waals surface area contributed by atoms with Gasteiger partial charge in [0.1, 0.15) is 16.9 Å². The summed E-state index contributed by atoms with van der Waals surface area (Å²) in [6, 6.07) is 0. The maximum absolute atomic E-state index is 12.5. The summed E-state index contributed by atoms with van der Waals surface area (Å²) in [7, 11) is 0. The van der Waals surface area contributed by atoms with E-state index in [2.05, 4.69) is 0 Å². The van der Waals surface area contributed by atoms with Crippen molar-refractivity contribution in [3.63, 3.8) is 0 Å². The number of nitrogens with zero attached hydrogens (tertiary/aromatic N) is 1. The molecule has 23 heavy (non-hydrogen) atoms. The molecule has 0 aromatic heterocycles. The molecule has 6 heteroatoms. The number of carbonyl (C=O) groups excluding carboxylic acids is 2. The van der Waals surface area contributed by atoms with Gasteiger partial charge in [-0.05, 0) is 60.5 Å². The largest absolute Gasteiger partial charge is 0.455 e. The molecular weight excluding hydrogens is 298 g/mol. The standard InChI is InChI=1S/C17H31NO5/c1-9-17(7,8)22-14(20)13(12(2)3)18(10-11-19)15(21)23-16(4,5)6/h19H,9-11H2,1-8H3. The highest BCUT2D eigenvalue weighted by Crippen LogP contribution is 2.21. The molecule has 0 radical (unpaired) electrons. The van der Waals surface area contributed by atoms with E-state index in [0.29, 0.717) is 12.0 Å². The Kier molecular flexibility index (Phi) is 7.77. The van der Waals surface area contributed by atoms with Crippen molar-refractivity contribution in [1.29, 1.82) is 0 Å². The lowest BCUT2D eigenvalue weighted by molar-refractivity contribution is -0.153. The summed E-state index contributed by atoms with van der Waals surface area (Å²) in [5, 5.41) is 9.25. The third kappa shape index (κ3) is 7.50. The van der Waals surface area contributed by atoms with Crippen molar-refractivity contribution < 1.29 is 24.2 Å². The van der Waals surface area contributed by atoms with Crippen molar-refractivity contribution in [2.24, 2.45) is 0 Å². The molecule has 0 spiro atoms. The maximum atomic E-state index is 12.5. The van der Waals surface area contributed by atoms with Gasteiger partial charge in [0.25, 0.3) is 0 Å². The van der Waals surface area contributed by atoms with Crippen LogP contribution in [0.1, 0.15) is 61.8 Å². The summed E-state index contributed by atoms with van der Waals surface area (Å²) in [5.74, 6) is -0.601. The molecule has 0 bridgehead atoms. The predicted molar refractivity (Wildman–Crippen MR) is 88.9 cm³/mol. The van der Waals surface area contributed by atoms with Crippen LogP contribution in [0.5, 0.6) is 0 Å². The van der Waals surface area contributed by atoms with Crippen molar-refractivity contribution >= 4 is 12.1 Å². The Morgan fingerprint density at radius 1 is 1.04 bits per heavy atom. The van der Waals surface area contributed by atoms with Crippen LogP contribution in [0.4, 0.5) is 4.79 Å². The molecule has 1 amide bonds. The zero-order valence-electron chi connectivity index (χ0n) is 15.6. The number of ether oxygens (including phenoxy) is 2. The number of carbonyl (C=O) groups is 2. The quantitative estimate of drug-likeness (QED) is 0.598. The van der Waals surface area contributed by atoms with Gasteiger partial charge in [-0.1, -0.05) is 6.92 Å². The summed E-state index contributed by atoms with van der Waals surface area (Å²) < 4.78 is 10.8. The van der Waals surface area contributed by atoms with Gasteiger partial charge in [-0.25, -0.2) is 9.59 Å². The number of hydrogen-bond acceptors (Lipinski definition) is 5. The summed E-state index contributed by atoms with van der Waals surface area (Å²) in [6.45, 7) is 13.8. The van der Waals surface area contributed by atoms with Gasteiger partial charge >= 0.3 is 12.1 Å². The van der Waals surface area contributed by atoms with Crippen molar-refractivity contribution in [1.82, 2.24) is 4.90 Å². The summed E-state index contributed by atoms with van der Waals surface area (Å²) in [5.41, 5.74) is -0.628. The van der Waals surface area contributed by atoms with E-state index in [4.69, 9.17) is 9.47 Å². The van der Waals surface area contributed by atoms with Crippen molar-refractivity contribution in [3.05, 3.63) is 11.3 Å². The number of allylic oxidation sites excluding steroid dienone is 1. The van der Waals surface area contributed by atoms with Crippen LogP contribution in [0.2, 0.25) is 0 Å². The van der Waals surface area contributed by atoms with Crippen molar-refractivity contribution in [2.45, 2.75) is 73.0 Å². The molecule has 0 atom stereocenters. The molecule has 134 valence electrons. The Bertz CT molecular complexity index is 456. The minimum Gasteiger partial charge on any atom is -0.455 e. The third-order valence-electron chi connectivity index (χ3n) is 3.09. The minimum absolute atomic E-state index is 0.0446. The van der Waals surface area contributed by atoms with Crippen molar-refractivity contribution in [2.75, 3.05) is 13.2 Å². The maximum Gasteiger partial charge on any atom is 0.415 e. The van der Waals surface area contributed by atoms with Gasteiger partial charge in [0.05, 0.1) is 13.2 Å². The first kappa shape index (κ1) is 21.4. The van der Waals surface area contributed by atoms with Gasteiger partial charge in [0, 0.05) is 0 Å². The predicted octanol–water partition coefficient (Wildman–Crippen LogP) is 3.24. The first-order valence-corrected chi connectivity index (χ1v) is 7.87. The fourth-order valence-electron chi connectivity index (χ4n) is 1.67. The van der Waals surface area contributed by atoms with Crippen LogP contribution in [-0.2, 0) is 14.3 Å². The van der Waals surface area contributed by atoms with Crippen LogP contribution < -0.4 is 0 Å². The third-order valence-corrected chi connectivity index (χ3v) is 3.09. The molecule has 0 aliphatic heterocycles. The van der Waals surface area contributed by atoms with Gasteiger partial charge in [0.2, 0.25) is 0 Å². The highest BCUT2D eigenvalue weighted by molar-refractivity contribution is 5.93. The normalized spacial score (nSPS) is 11.7. The molecule has 0 fully saturated rings. The van der Waals surface area contributed by atoms with Crippen LogP contribution in [0.15, 0.2) is 11.3 Å². The molecule has 0 unspecified atom stereocenters. The minimum atomic E-state index is -0.704. The topological polar surface area (TPSA) is 76.1 Å². The van der Waals surface area contributed by atoms with Crippen molar-refractivity contribution in [3.8, 4) is 0 Å². The Morgan fingerprint density at radius 2 is 1.57 bits per heavy atom. The fourth-order valence-corrected chi connectivity index (χ4v) is 1.67. The lowest BCUT2D eigenvalue weighted by Gasteiger charge is -2.31. The van der Waals surface area contributed by atoms with Gasteiger partial charge in [-0.15, -0.1) is 0 Å². The number of hydrogen-bond donors (Lipinski definition) is 1. The highest BCUT2D eigenvalue weighted by Gasteiger charge is 2.32. The molecule has 1 N–H and O–H groups in total. The molecule has 0 rings (SSSR count). The van der Waals surface area contributed by atoms with Gasteiger partial charge in [-0.2, -0.15) is 0 Å². The highest BCUT2D eigenvalue weighted by atomic mass is 16.6. The lowest BCUT2D eigenvalue weighted by Crippen LogP contribution is -2.42. The molecule has 0 aromatic rings. The monoisotopic (exact) mass is 329 g/mol. The summed E-state index contributed by atoms with van der Waals surface area (Å²) in [6.07, 6.45) is -0.0460. The molecular formula is C17H31NO5. The molecule has 6 nitrogen and oxygen atoms in total. The van der Waals surface area contributed by atoms with E-state index in [0.717, 1.165) is 4.90 Å². The Labute approximate surface area is 139 Å². The van der Waals surface area contributed by atoms with Gasteiger partial charge in [0.15, 0.2) is 0 Å². The number of esters is 1. The number of amides is 1. The Morgan fingerprint density at radius 3 is 1.91 bits per heavy atom. The molecule has 0 saturated carbocycles. The Hall–Kier alpha value is -1.56. The SMILES string of the molecule is CCC(C)(C)OC(=O)C(=C(C)C)N(CCO)C(=O)OC(C)(C)C. The van der Waals surface area contributed by atoms with Crippen LogP contribution in [0.25, 0.3) is 0 Å². The van der Waals surface area contributed by atoms with E-state index in [9.17, 15) is 14.7 Å². The first-order valence-electron chi connectivity index (χ1n) is 7.87. The van der Waals surface area contributed by atoms with E-state index in [-0.39, 0.29) is 18.8 Å². The molecule has 0 aliphatic carbocycles. The summed E-state index contributed by atoms with van der Waals surface area (Å²) >= 11 is 0. The van der Waals surface area contributed by atoms with E-state index >= 15 is 0 Å². The van der Waals surface area contributed by atoms with Crippen LogP contribution in [0, 0.1) is 0 Å². The molecule has 0 aromatic carbocycles. The van der Waals surface area contributed by atoms with E-state index in [1.165, 1.54) is 0 Å². The van der Waals surface area contributed by atoms with E-state index < -0.39 is 23.3 Å². The first-order chi connectivity index (χ1) is 10.3. The average Bonchev–Trinajstić information content (AvgIpc) is 2.35. The second-order valence-electron chi connectivity index (χ2n) is 7.21. The average molecular weight is 329 g/mol. The zero-order valence-corrected chi connectivity index (χ0v) is 15.6. The second-order valence-corrected chi connectivity index (χ2v) is 7.21. The van der Waals surface area contributed by atoms with E-state index in [1.54, 1.807) is 48.5 Å². The number of aliphatic hydroxyl groups excluding tert-OH is 1. The summed E-state index contributed by atoms with van der Waals surface area (Å²) in [4.78, 5) is 26.1. The Balaban J connectivity index is 5.56. The van der Waals surface area contributed by atoms with Crippen LogP contribution in [-0.4, -0.2) is 46.4 Å². The zero-order chi connectivity index (χ0) is 18.4. The van der Waals surface area contributed by atoms with Gasteiger partial charge < -0.3 is 14.6 Å². The molecule has 0 saturated heterocycles. The van der Waals surface area contributed by atoms with Crippen LogP contribution in [0.3, 0.4) is 0 Å². The van der Waals surface area contributed by atoms with Crippen LogP contribution >= 0.6 is 0 Å². The van der Waals surface area contributed by atoms with Gasteiger partial charge in [-0.3, -0.25) is 4.90 Å². The lowest BCUT2D eigenvalue weighted by atomic mass is 10.1. The molecule has 0 aliphatic rings. The molecule has 0 heterocycles. The fraction of sp³-hybridized carbons (Fsp3) is 0.765. The number of aliphatic hydroxyl groups is 1. The number of rotatable bonds is 6. The second kappa shape index (κ2) is 8.34. The van der Waals surface area contributed by atoms with E-state index in [1.807, 2.05) is 6.92 Å². The smallest absolute Gasteiger partial charge is 0.415 e.